The third kappa shape index (κ3) is 6.96. The summed E-state index contributed by atoms with van der Waals surface area (Å²) in [5, 5.41) is 2.60. The number of rotatable bonds is 9. The van der Waals surface area contributed by atoms with Gasteiger partial charge >= 0.3 is 6.18 Å². The van der Waals surface area contributed by atoms with Crippen LogP contribution in [-0.2, 0) is 21.4 Å². The fraction of sp³-hybridized carbons (Fsp3) is 0.174. The second kappa shape index (κ2) is 10.6. The fourth-order valence-corrected chi connectivity index (χ4v) is 4.03. The molecule has 0 aliphatic carbocycles. The van der Waals surface area contributed by atoms with Crippen molar-refractivity contribution in [2.45, 2.75) is 17.7 Å². The van der Waals surface area contributed by atoms with Gasteiger partial charge in [-0.3, -0.25) is 9.52 Å². The Morgan fingerprint density at radius 3 is 2.35 bits per heavy atom. The predicted octanol–water partition coefficient (Wildman–Crippen LogP) is 4.83. The topological polar surface area (TPSA) is 93.7 Å². The van der Waals surface area contributed by atoms with Crippen LogP contribution in [0.5, 0.6) is 5.75 Å². The number of hydrogen-bond donors (Lipinski definition) is 2. The zero-order valence-electron chi connectivity index (χ0n) is 17.9. The maximum atomic E-state index is 12.8. The molecule has 0 aliphatic heterocycles. The quantitative estimate of drug-likeness (QED) is 0.445. The molecule has 1 amide bonds. The lowest BCUT2D eigenvalue weighted by molar-refractivity contribution is -0.176. The highest BCUT2D eigenvalue weighted by molar-refractivity contribution is 7.92. The van der Waals surface area contributed by atoms with Gasteiger partial charge in [0.2, 0.25) is 0 Å². The Labute approximate surface area is 194 Å². The Morgan fingerprint density at radius 1 is 0.971 bits per heavy atom. The maximum Gasteiger partial charge on any atom is 0.411 e. The SMILES string of the molecule is COc1ccccc1NS(=O)(=O)c1cccc(NC(=O)c2ccc(COCC(F)(F)F)cc2)c1. The standard InChI is InChI=1S/C23H21F3N2O5S/c1-32-21-8-3-2-7-20(21)28-34(30,31)19-6-4-5-18(13-19)27-22(29)17-11-9-16(10-12-17)14-33-15-23(24,25)26/h2-13,28H,14-15H2,1H3,(H,27,29). The molecule has 0 fully saturated rings. The van der Waals surface area contributed by atoms with Gasteiger partial charge in [0, 0.05) is 11.3 Å². The Bertz CT molecular complexity index is 1250. The highest BCUT2D eigenvalue weighted by atomic mass is 32.2. The van der Waals surface area contributed by atoms with Crippen molar-refractivity contribution >= 4 is 27.3 Å². The molecule has 0 atom stereocenters. The van der Waals surface area contributed by atoms with Crippen LogP contribution in [0, 0.1) is 0 Å². The molecule has 0 heterocycles. The van der Waals surface area contributed by atoms with Crippen molar-refractivity contribution in [1.82, 2.24) is 0 Å². The van der Waals surface area contributed by atoms with E-state index in [4.69, 9.17) is 4.74 Å². The minimum atomic E-state index is -4.41. The first kappa shape index (κ1) is 25.1. The number of alkyl halides is 3. The third-order valence-corrected chi connectivity index (χ3v) is 5.87. The average Bonchev–Trinajstić information content (AvgIpc) is 2.79. The van der Waals surface area contributed by atoms with Crippen molar-refractivity contribution in [3.05, 3.63) is 83.9 Å². The van der Waals surface area contributed by atoms with E-state index in [0.29, 0.717) is 11.3 Å². The van der Waals surface area contributed by atoms with E-state index >= 15 is 0 Å². The molecule has 2 N–H and O–H groups in total. The first-order valence-electron chi connectivity index (χ1n) is 9.88. The van der Waals surface area contributed by atoms with Gasteiger partial charge in [0.15, 0.2) is 0 Å². The third-order valence-electron chi connectivity index (χ3n) is 4.50. The number of nitrogens with one attached hydrogen (secondary N) is 2. The second-order valence-electron chi connectivity index (χ2n) is 7.09. The van der Waals surface area contributed by atoms with Gasteiger partial charge < -0.3 is 14.8 Å². The number of hydrogen-bond acceptors (Lipinski definition) is 5. The van der Waals surface area contributed by atoms with E-state index in [9.17, 15) is 26.4 Å². The van der Waals surface area contributed by atoms with E-state index in [2.05, 4.69) is 14.8 Å². The summed E-state index contributed by atoms with van der Waals surface area (Å²) in [7, 11) is -2.55. The van der Waals surface area contributed by atoms with Gasteiger partial charge in [0.25, 0.3) is 15.9 Å². The molecule has 3 aromatic rings. The number of amides is 1. The number of benzene rings is 3. The largest absolute Gasteiger partial charge is 0.495 e. The summed E-state index contributed by atoms with van der Waals surface area (Å²) in [6.45, 7) is -1.61. The van der Waals surface area contributed by atoms with Gasteiger partial charge in [0.05, 0.1) is 24.3 Å². The Balaban J connectivity index is 1.67. The number of halogens is 3. The molecule has 0 aromatic heterocycles. The molecule has 0 saturated heterocycles. The Kier molecular flexibility index (Phi) is 7.79. The molecule has 34 heavy (non-hydrogen) atoms. The van der Waals surface area contributed by atoms with Crippen molar-refractivity contribution in [3.63, 3.8) is 0 Å². The van der Waals surface area contributed by atoms with Crippen molar-refractivity contribution < 1.29 is 35.9 Å². The first-order chi connectivity index (χ1) is 16.1. The lowest BCUT2D eigenvalue weighted by Gasteiger charge is -2.13. The van der Waals surface area contributed by atoms with E-state index in [1.165, 1.54) is 55.6 Å². The van der Waals surface area contributed by atoms with Crippen LogP contribution in [-0.4, -0.2) is 34.2 Å². The summed E-state index contributed by atoms with van der Waals surface area (Å²) in [5.41, 5.74) is 1.21. The lowest BCUT2D eigenvalue weighted by Crippen LogP contribution is -2.17. The van der Waals surface area contributed by atoms with Gasteiger partial charge in [-0.25, -0.2) is 8.42 Å². The predicted molar refractivity (Wildman–Crippen MR) is 120 cm³/mol. The molecule has 180 valence electrons. The number of carbonyl (C=O) groups is 1. The van der Waals surface area contributed by atoms with Crippen LogP contribution in [0.15, 0.2) is 77.7 Å². The van der Waals surface area contributed by atoms with E-state index in [1.807, 2.05) is 0 Å². The maximum absolute atomic E-state index is 12.8. The van der Waals surface area contributed by atoms with Crippen molar-refractivity contribution in [2.24, 2.45) is 0 Å². The van der Waals surface area contributed by atoms with Crippen LogP contribution in [0.2, 0.25) is 0 Å². The zero-order valence-corrected chi connectivity index (χ0v) is 18.7. The van der Waals surface area contributed by atoms with E-state index < -0.39 is 28.7 Å². The molecule has 0 aliphatic rings. The molecule has 11 heteroatoms. The summed E-state index contributed by atoms with van der Waals surface area (Å²) in [6.07, 6.45) is -4.41. The first-order valence-corrected chi connectivity index (χ1v) is 11.4. The summed E-state index contributed by atoms with van der Waals surface area (Å²) in [6, 6.07) is 18.0. The van der Waals surface area contributed by atoms with E-state index in [0.717, 1.165) is 0 Å². The molecule has 7 nitrogen and oxygen atoms in total. The summed E-state index contributed by atoms with van der Waals surface area (Å²) < 4.78 is 74.3. The fourth-order valence-electron chi connectivity index (χ4n) is 2.91. The van der Waals surface area contributed by atoms with Crippen LogP contribution in [0.4, 0.5) is 24.5 Å². The Hall–Kier alpha value is -3.57. The molecule has 0 spiro atoms. The minimum absolute atomic E-state index is 0.0756. The summed E-state index contributed by atoms with van der Waals surface area (Å²) in [4.78, 5) is 12.5. The number of para-hydroxylation sites is 2. The van der Waals surface area contributed by atoms with Gasteiger partial charge in [-0.1, -0.05) is 30.3 Å². The molecule has 0 radical (unpaired) electrons. The second-order valence-corrected chi connectivity index (χ2v) is 8.78. The highest BCUT2D eigenvalue weighted by Gasteiger charge is 2.27. The van der Waals surface area contributed by atoms with E-state index in [-0.39, 0.29) is 28.4 Å². The molecule has 3 rings (SSSR count). The number of methoxy groups -OCH3 is 1. The van der Waals surface area contributed by atoms with Crippen molar-refractivity contribution in [2.75, 3.05) is 23.8 Å². The molecule has 0 unspecified atom stereocenters. The van der Waals surface area contributed by atoms with E-state index in [1.54, 1.807) is 24.3 Å². The minimum Gasteiger partial charge on any atom is -0.495 e. The number of anilines is 2. The molecule has 0 saturated carbocycles. The summed E-state index contributed by atoms with van der Waals surface area (Å²) in [5.74, 6) is -0.169. The van der Waals surface area contributed by atoms with Crippen LogP contribution in [0.1, 0.15) is 15.9 Å². The lowest BCUT2D eigenvalue weighted by atomic mass is 10.1. The van der Waals surface area contributed by atoms with Crippen molar-refractivity contribution in [3.8, 4) is 5.75 Å². The monoisotopic (exact) mass is 494 g/mol. The van der Waals surface area contributed by atoms with Crippen LogP contribution < -0.4 is 14.8 Å². The number of ether oxygens (including phenoxy) is 2. The van der Waals surface area contributed by atoms with Gasteiger partial charge in [-0.15, -0.1) is 0 Å². The molecular formula is C23H21F3N2O5S. The smallest absolute Gasteiger partial charge is 0.411 e. The van der Waals surface area contributed by atoms with Gasteiger partial charge in [-0.05, 0) is 48.0 Å². The van der Waals surface area contributed by atoms with Crippen LogP contribution in [0.25, 0.3) is 0 Å². The van der Waals surface area contributed by atoms with Gasteiger partial charge in [-0.2, -0.15) is 13.2 Å². The molecule has 3 aromatic carbocycles. The molecule has 0 bridgehead atoms. The normalized spacial score (nSPS) is 11.6. The van der Waals surface area contributed by atoms with Crippen LogP contribution >= 0.6 is 0 Å². The molecular weight excluding hydrogens is 473 g/mol. The average molecular weight is 494 g/mol. The summed E-state index contributed by atoms with van der Waals surface area (Å²) >= 11 is 0. The highest BCUT2D eigenvalue weighted by Crippen LogP contribution is 2.27. The Morgan fingerprint density at radius 2 is 1.68 bits per heavy atom. The number of sulfonamides is 1. The van der Waals surface area contributed by atoms with Crippen molar-refractivity contribution in [1.29, 1.82) is 0 Å². The zero-order chi connectivity index (χ0) is 24.8. The van der Waals surface area contributed by atoms with Gasteiger partial charge in [0.1, 0.15) is 12.4 Å². The van der Waals surface area contributed by atoms with Crippen LogP contribution in [0.3, 0.4) is 0 Å². The number of carbonyl (C=O) groups excluding carboxylic acids is 1.